The molecule has 10 nitrogen and oxygen atoms in total. The van der Waals surface area contributed by atoms with E-state index in [1.54, 1.807) is 24.3 Å². The van der Waals surface area contributed by atoms with E-state index in [2.05, 4.69) is 20.3 Å². The third-order valence-corrected chi connectivity index (χ3v) is 3.69. The summed E-state index contributed by atoms with van der Waals surface area (Å²) in [5.41, 5.74) is 0.244. The maximum Gasteiger partial charge on any atom is 0.352 e. The Balaban J connectivity index is 1.71. The number of aliphatic hydroxyl groups is 1. The Morgan fingerprint density at radius 1 is 1.25 bits per heavy atom. The van der Waals surface area contributed by atoms with Crippen LogP contribution in [0.1, 0.15) is 24.3 Å². The molecule has 2 aliphatic rings. The number of urea groups is 1. The first-order valence-electron chi connectivity index (χ1n) is 10.4. The Hall–Kier alpha value is -3.40. The minimum absolute atomic E-state index is 0.107. The van der Waals surface area contributed by atoms with E-state index in [9.17, 15) is 14.4 Å². The molecule has 146 valence electrons. The first kappa shape index (κ1) is 14.6. The topological polar surface area (TPSA) is 133 Å². The third kappa shape index (κ3) is 4.12. The molecule has 2 heterocycles. The van der Waals surface area contributed by atoms with Gasteiger partial charge in [0.1, 0.15) is 5.75 Å². The second-order valence-corrected chi connectivity index (χ2v) is 5.60. The van der Waals surface area contributed by atoms with E-state index in [0.29, 0.717) is 16.2 Å². The zero-order valence-electron chi connectivity index (χ0n) is 18.6. The lowest BCUT2D eigenvalue weighted by Crippen LogP contribution is -2.46. The summed E-state index contributed by atoms with van der Waals surface area (Å²) in [7, 11) is 0. The van der Waals surface area contributed by atoms with E-state index < -0.39 is 37.6 Å². The van der Waals surface area contributed by atoms with Crippen molar-refractivity contribution in [2.45, 2.75) is 13.2 Å². The highest BCUT2D eigenvalue weighted by atomic mass is 16.5. The second-order valence-electron chi connectivity index (χ2n) is 5.60. The van der Waals surface area contributed by atoms with Crippen molar-refractivity contribution < 1.29 is 29.7 Å². The summed E-state index contributed by atoms with van der Waals surface area (Å²) in [5, 5.41) is 11.1. The first-order chi connectivity index (χ1) is 15.1. The van der Waals surface area contributed by atoms with Crippen LogP contribution in [0.4, 0.5) is 4.79 Å². The van der Waals surface area contributed by atoms with Crippen LogP contribution in [-0.2, 0) is 9.59 Å². The largest absolute Gasteiger partial charge is 0.484 e. The first-order valence-corrected chi connectivity index (χ1v) is 8.20. The molecule has 28 heavy (non-hydrogen) atoms. The number of imide groups is 1. The van der Waals surface area contributed by atoms with Gasteiger partial charge in [-0.15, -0.1) is 0 Å². The van der Waals surface area contributed by atoms with Gasteiger partial charge in [-0.3, -0.25) is 14.5 Å². The number of carbonyl (C=O) groups excluding carboxylic acids is 3. The summed E-state index contributed by atoms with van der Waals surface area (Å²) < 4.78 is 35.1. The molecular weight excluding hydrogens is 366 g/mol. The number of carbonyl (C=O) groups is 3. The van der Waals surface area contributed by atoms with Crippen molar-refractivity contribution >= 4 is 35.2 Å². The number of benzene rings is 1. The standard InChI is InChI=1S/C18H19N5O5/c1-2-8-23-17(26)14-16(22-18(23)27)21-15(20-14)11-3-5-12(6-4-11)28-10-13(25)19-7-9-24/h3-6,24H,2,7-10H2,1H3,(H,19,25)/i1T2,2T2. The molecular formula is C18H19N5O5. The Kier molecular flexibility index (Phi) is 4.46. The van der Waals surface area contributed by atoms with Gasteiger partial charge in [0.25, 0.3) is 11.8 Å². The van der Waals surface area contributed by atoms with Gasteiger partial charge in [0.2, 0.25) is 0 Å². The number of nitrogens with zero attached hydrogens (tertiary/aromatic N) is 4. The number of fused-ring (bicyclic) bond motifs is 1. The van der Waals surface area contributed by atoms with Crippen LogP contribution in [0.15, 0.2) is 39.2 Å². The van der Waals surface area contributed by atoms with Crippen LogP contribution in [0.25, 0.3) is 0 Å². The molecule has 2 aliphatic heterocycles. The van der Waals surface area contributed by atoms with Crippen molar-refractivity contribution in [1.29, 1.82) is 0 Å². The molecule has 2 N–H and O–H groups in total. The van der Waals surface area contributed by atoms with E-state index in [1.165, 1.54) is 0 Å². The molecule has 3 rings (SSSR count). The van der Waals surface area contributed by atoms with Crippen LogP contribution < -0.4 is 10.1 Å². The van der Waals surface area contributed by atoms with Crippen molar-refractivity contribution in [3.8, 4) is 5.75 Å². The smallest absolute Gasteiger partial charge is 0.352 e. The monoisotopic (exact) mass is 393 g/mol. The van der Waals surface area contributed by atoms with Crippen LogP contribution in [0, 0.1) is 0 Å². The molecule has 0 saturated heterocycles. The van der Waals surface area contributed by atoms with Crippen molar-refractivity contribution in [1.82, 2.24) is 10.2 Å². The lowest BCUT2D eigenvalue weighted by atomic mass is 10.2. The number of aliphatic imine (C=N–C) groups is 3. The van der Waals surface area contributed by atoms with Crippen molar-refractivity contribution in [2.24, 2.45) is 15.0 Å². The molecule has 0 fully saturated rings. The predicted molar refractivity (Wildman–Crippen MR) is 101 cm³/mol. The average Bonchev–Trinajstić information content (AvgIpc) is 3.18. The van der Waals surface area contributed by atoms with Gasteiger partial charge in [-0.05, 0) is 30.6 Å². The van der Waals surface area contributed by atoms with Crippen LogP contribution in [0.5, 0.6) is 5.75 Å². The summed E-state index contributed by atoms with van der Waals surface area (Å²) in [6.45, 7) is -3.00. The molecule has 0 radical (unpaired) electrons. The molecule has 1 aromatic rings. The number of amides is 4. The number of hydrogen-bond acceptors (Lipinski definition) is 7. The molecule has 4 amide bonds. The number of rotatable bonds is 8. The van der Waals surface area contributed by atoms with E-state index in [-0.39, 0.29) is 37.1 Å². The minimum atomic E-state index is -2.44. The molecule has 0 spiro atoms. The molecule has 0 aromatic heterocycles. The van der Waals surface area contributed by atoms with Crippen molar-refractivity contribution in [3.05, 3.63) is 29.8 Å². The fourth-order valence-corrected chi connectivity index (χ4v) is 2.38. The molecule has 0 bridgehead atoms. The van der Waals surface area contributed by atoms with Crippen LogP contribution in [-0.4, -0.2) is 71.5 Å². The highest BCUT2D eigenvalue weighted by Gasteiger charge is 2.37. The maximum atomic E-state index is 12.6. The quantitative estimate of drug-likeness (QED) is 0.648. The third-order valence-electron chi connectivity index (χ3n) is 3.69. The SMILES string of the molecule is [3H]C([3H])C([3H])([3H])CN1C(=O)N=C2N=C(c3ccc(OCC(=O)NCCO)cc3)N=C2C1=O. The number of amidine groups is 2. The lowest BCUT2D eigenvalue weighted by molar-refractivity contribution is -0.123. The number of ether oxygens (including phenoxy) is 1. The van der Waals surface area contributed by atoms with Crippen LogP contribution in [0.3, 0.4) is 0 Å². The summed E-state index contributed by atoms with van der Waals surface area (Å²) in [6, 6.07) is 5.22. The van der Waals surface area contributed by atoms with Gasteiger partial charge < -0.3 is 15.2 Å². The van der Waals surface area contributed by atoms with Crippen LogP contribution >= 0.6 is 0 Å². The fourth-order valence-electron chi connectivity index (χ4n) is 2.38. The van der Waals surface area contributed by atoms with E-state index >= 15 is 0 Å². The summed E-state index contributed by atoms with van der Waals surface area (Å²) in [6.07, 6.45) is -2.44. The second kappa shape index (κ2) is 8.53. The highest BCUT2D eigenvalue weighted by Crippen LogP contribution is 2.18. The summed E-state index contributed by atoms with van der Waals surface area (Å²) >= 11 is 0. The van der Waals surface area contributed by atoms with Gasteiger partial charge in [0.05, 0.1) is 6.61 Å². The van der Waals surface area contributed by atoms with Crippen LogP contribution in [0.2, 0.25) is 0 Å². The number of aliphatic hydroxyl groups excluding tert-OH is 1. The van der Waals surface area contributed by atoms with Gasteiger partial charge in [0, 0.05) is 24.1 Å². The predicted octanol–water partition coefficient (Wildman–Crippen LogP) is 0.146. The molecule has 1 aromatic carbocycles. The van der Waals surface area contributed by atoms with E-state index in [1.807, 2.05) is 0 Å². The maximum absolute atomic E-state index is 12.6. The molecule has 0 unspecified atom stereocenters. The number of hydrogen-bond donors (Lipinski definition) is 2. The van der Waals surface area contributed by atoms with E-state index in [4.69, 9.17) is 15.3 Å². The molecule has 0 atom stereocenters. The summed E-state index contributed by atoms with van der Waals surface area (Å²) in [4.78, 5) is 48.7. The zero-order valence-corrected chi connectivity index (χ0v) is 14.6. The fraction of sp³-hybridized carbons (Fsp3) is 0.333. The number of nitrogens with one attached hydrogen (secondary N) is 1. The molecule has 10 heteroatoms. The Morgan fingerprint density at radius 2 is 2.04 bits per heavy atom. The zero-order chi connectivity index (χ0) is 23.5. The van der Waals surface area contributed by atoms with Crippen molar-refractivity contribution in [3.63, 3.8) is 0 Å². The normalized spacial score (nSPS) is 18.4. The van der Waals surface area contributed by atoms with Gasteiger partial charge in [0.15, 0.2) is 24.0 Å². The summed E-state index contributed by atoms with van der Waals surface area (Å²) in [5.74, 6) is -1.00. The Bertz CT molecular complexity index is 1020. The van der Waals surface area contributed by atoms with E-state index in [0.717, 1.165) is 0 Å². The molecule has 0 aliphatic carbocycles. The van der Waals surface area contributed by atoms with Crippen molar-refractivity contribution in [2.75, 3.05) is 26.3 Å². The van der Waals surface area contributed by atoms with Gasteiger partial charge in [-0.2, -0.15) is 4.99 Å². The van der Waals surface area contributed by atoms with Gasteiger partial charge >= 0.3 is 6.03 Å². The average molecular weight is 393 g/mol. The highest BCUT2D eigenvalue weighted by molar-refractivity contribution is 6.72. The molecule has 0 saturated carbocycles. The van der Waals surface area contributed by atoms with Gasteiger partial charge in [-0.1, -0.05) is 6.88 Å². The Morgan fingerprint density at radius 3 is 2.75 bits per heavy atom. The Labute approximate surface area is 166 Å². The van der Waals surface area contributed by atoms with Gasteiger partial charge in [-0.25, -0.2) is 14.8 Å². The minimum Gasteiger partial charge on any atom is -0.484 e. The lowest BCUT2D eigenvalue weighted by Gasteiger charge is -2.20.